The van der Waals surface area contributed by atoms with Crippen LogP contribution in [0.3, 0.4) is 0 Å². The van der Waals surface area contributed by atoms with Crippen LogP contribution in [0.4, 0.5) is 0 Å². The van der Waals surface area contributed by atoms with Crippen molar-refractivity contribution in [2.45, 2.75) is 6.92 Å². The van der Waals surface area contributed by atoms with Crippen molar-refractivity contribution >= 4 is 11.5 Å². The molecule has 0 fully saturated rings. The van der Waals surface area contributed by atoms with Crippen molar-refractivity contribution in [2.24, 2.45) is 0 Å². The van der Waals surface area contributed by atoms with Gasteiger partial charge in [-0.2, -0.15) is 0 Å². The van der Waals surface area contributed by atoms with E-state index in [-0.39, 0.29) is 11.4 Å². The van der Waals surface area contributed by atoms with Crippen LogP contribution in [0.15, 0.2) is 18.3 Å². The Morgan fingerprint density at radius 2 is 2.33 bits per heavy atom. The average molecular weight is 206 g/mol. The predicted octanol–water partition coefficient (Wildman–Crippen LogP) is 1.13. The third kappa shape index (κ3) is 1.41. The van der Waals surface area contributed by atoms with E-state index >= 15 is 0 Å². The van der Waals surface area contributed by atoms with Gasteiger partial charge in [-0.1, -0.05) is 0 Å². The van der Waals surface area contributed by atoms with Crippen LogP contribution in [0.1, 0.15) is 16.3 Å². The quantitative estimate of drug-likeness (QED) is 0.710. The van der Waals surface area contributed by atoms with Crippen molar-refractivity contribution < 1.29 is 14.6 Å². The van der Waals surface area contributed by atoms with E-state index in [0.717, 1.165) is 0 Å². The molecule has 2 aromatic rings. The topological polar surface area (TPSA) is 63.8 Å². The van der Waals surface area contributed by atoms with Gasteiger partial charge in [-0.15, -0.1) is 0 Å². The Hall–Kier alpha value is -2.04. The molecule has 0 aliphatic heterocycles. The van der Waals surface area contributed by atoms with Crippen molar-refractivity contribution in [3.05, 3.63) is 29.8 Å². The molecule has 0 aliphatic rings. The van der Waals surface area contributed by atoms with Gasteiger partial charge in [0.1, 0.15) is 11.6 Å². The molecule has 0 atom stereocenters. The molecule has 0 saturated heterocycles. The van der Waals surface area contributed by atoms with Crippen LogP contribution >= 0.6 is 0 Å². The summed E-state index contributed by atoms with van der Waals surface area (Å²) < 4.78 is 6.32. The number of esters is 1. The lowest BCUT2D eigenvalue weighted by molar-refractivity contribution is 0.0597. The number of pyridine rings is 1. The molecule has 0 aliphatic carbocycles. The zero-order valence-corrected chi connectivity index (χ0v) is 8.39. The number of aromatic nitrogens is 2. The molecule has 0 aromatic carbocycles. The molecule has 0 amide bonds. The summed E-state index contributed by atoms with van der Waals surface area (Å²) in [5.74, 6) is 0.254. The molecule has 0 bridgehead atoms. The second-order valence-corrected chi connectivity index (χ2v) is 3.14. The van der Waals surface area contributed by atoms with Crippen LogP contribution in [-0.2, 0) is 4.74 Å². The number of imidazole rings is 1. The summed E-state index contributed by atoms with van der Waals surface area (Å²) >= 11 is 0. The summed E-state index contributed by atoms with van der Waals surface area (Å²) in [6, 6.07) is 3.01. The number of methoxy groups -OCH3 is 1. The van der Waals surface area contributed by atoms with Gasteiger partial charge < -0.3 is 14.2 Å². The molecule has 5 nitrogen and oxygen atoms in total. The van der Waals surface area contributed by atoms with E-state index in [1.165, 1.54) is 19.2 Å². The van der Waals surface area contributed by atoms with E-state index in [1.807, 2.05) is 0 Å². The molecule has 78 valence electrons. The maximum atomic E-state index is 11.4. The van der Waals surface area contributed by atoms with Crippen LogP contribution in [-0.4, -0.2) is 27.6 Å². The lowest BCUT2D eigenvalue weighted by atomic mass is 10.3. The summed E-state index contributed by atoms with van der Waals surface area (Å²) in [7, 11) is 1.30. The van der Waals surface area contributed by atoms with Crippen molar-refractivity contribution in [3.8, 4) is 5.75 Å². The Balaban J connectivity index is 2.75. The van der Waals surface area contributed by atoms with E-state index in [1.54, 1.807) is 17.5 Å². The fraction of sp³-hybridized carbons (Fsp3) is 0.200. The van der Waals surface area contributed by atoms with Crippen LogP contribution in [0.5, 0.6) is 5.75 Å². The molecule has 5 heteroatoms. The van der Waals surface area contributed by atoms with Crippen molar-refractivity contribution in [1.29, 1.82) is 0 Å². The van der Waals surface area contributed by atoms with Crippen LogP contribution in [0.25, 0.3) is 5.52 Å². The van der Waals surface area contributed by atoms with Crippen LogP contribution < -0.4 is 0 Å². The second-order valence-electron chi connectivity index (χ2n) is 3.14. The fourth-order valence-corrected chi connectivity index (χ4v) is 1.47. The SMILES string of the molecule is COC(=O)c1nc(C)n2ccc(O)cc12. The molecule has 0 radical (unpaired) electrons. The Morgan fingerprint density at radius 1 is 1.60 bits per heavy atom. The zero-order chi connectivity index (χ0) is 11.0. The van der Waals surface area contributed by atoms with Crippen molar-refractivity contribution in [2.75, 3.05) is 7.11 Å². The first-order chi connectivity index (χ1) is 7.13. The highest BCUT2D eigenvalue weighted by Gasteiger charge is 2.16. The van der Waals surface area contributed by atoms with Crippen LogP contribution in [0, 0.1) is 6.92 Å². The lowest BCUT2D eigenvalue weighted by Crippen LogP contribution is -2.02. The predicted molar refractivity (Wildman–Crippen MR) is 52.9 cm³/mol. The number of aromatic hydroxyl groups is 1. The number of nitrogens with zero attached hydrogens (tertiary/aromatic N) is 2. The number of aryl methyl sites for hydroxylation is 1. The first kappa shape index (κ1) is 9.51. The highest BCUT2D eigenvalue weighted by molar-refractivity contribution is 5.95. The third-order valence-corrected chi connectivity index (χ3v) is 2.18. The Bertz CT molecular complexity index is 531. The number of fused-ring (bicyclic) bond motifs is 1. The molecule has 0 unspecified atom stereocenters. The average Bonchev–Trinajstić information content (AvgIpc) is 2.54. The normalized spacial score (nSPS) is 10.5. The zero-order valence-electron chi connectivity index (χ0n) is 8.39. The molecule has 15 heavy (non-hydrogen) atoms. The highest BCUT2D eigenvalue weighted by Crippen LogP contribution is 2.18. The largest absolute Gasteiger partial charge is 0.508 e. The fourth-order valence-electron chi connectivity index (χ4n) is 1.47. The summed E-state index contributed by atoms with van der Waals surface area (Å²) in [4.78, 5) is 15.5. The van der Waals surface area contributed by atoms with E-state index in [2.05, 4.69) is 9.72 Å². The van der Waals surface area contributed by atoms with Gasteiger partial charge in [0.05, 0.1) is 12.6 Å². The Kier molecular flexibility index (Phi) is 2.07. The summed E-state index contributed by atoms with van der Waals surface area (Å²) in [6.07, 6.45) is 1.65. The number of rotatable bonds is 1. The van der Waals surface area contributed by atoms with Gasteiger partial charge >= 0.3 is 5.97 Å². The standard InChI is InChI=1S/C10H10N2O3/c1-6-11-9(10(14)15-2)8-5-7(13)3-4-12(6)8/h3-5,13H,1-2H3. The molecule has 2 aromatic heterocycles. The molecule has 1 N–H and O–H groups in total. The van der Waals surface area contributed by atoms with E-state index in [4.69, 9.17) is 0 Å². The van der Waals surface area contributed by atoms with Gasteiger partial charge in [-0.25, -0.2) is 9.78 Å². The maximum Gasteiger partial charge on any atom is 0.358 e. The second kappa shape index (κ2) is 3.27. The molecule has 0 spiro atoms. The molecule has 2 rings (SSSR count). The first-order valence-corrected chi connectivity index (χ1v) is 4.39. The maximum absolute atomic E-state index is 11.4. The number of hydrogen-bond donors (Lipinski definition) is 1. The monoisotopic (exact) mass is 206 g/mol. The Labute approximate surface area is 85.9 Å². The number of ether oxygens (including phenoxy) is 1. The molecular formula is C10H10N2O3. The van der Waals surface area contributed by atoms with Gasteiger partial charge in [0.25, 0.3) is 0 Å². The van der Waals surface area contributed by atoms with Crippen LogP contribution in [0.2, 0.25) is 0 Å². The van der Waals surface area contributed by atoms with Gasteiger partial charge in [0.2, 0.25) is 0 Å². The lowest BCUT2D eigenvalue weighted by Gasteiger charge is -1.98. The van der Waals surface area contributed by atoms with Crippen molar-refractivity contribution in [3.63, 3.8) is 0 Å². The minimum absolute atomic E-state index is 0.0903. The molecule has 2 heterocycles. The van der Waals surface area contributed by atoms with Gasteiger partial charge in [0.15, 0.2) is 5.69 Å². The molecule has 0 saturated carbocycles. The van der Waals surface area contributed by atoms with Gasteiger partial charge in [0, 0.05) is 12.3 Å². The number of hydrogen-bond acceptors (Lipinski definition) is 4. The summed E-state index contributed by atoms with van der Waals surface area (Å²) in [5.41, 5.74) is 0.755. The minimum Gasteiger partial charge on any atom is -0.508 e. The van der Waals surface area contributed by atoms with Crippen molar-refractivity contribution in [1.82, 2.24) is 9.38 Å². The van der Waals surface area contributed by atoms with E-state index in [9.17, 15) is 9.90 Å². The first-order valence-electron chi connectivity index (χ1n) is 4.39. The highest BCUT2D eigenvalue weighted by atomic mass is 16.5. The Morgan fingerprint density at radius 3 is 3.00 bits per heavy atom. The van der Waals surface area contributed by atoms with Gasteiger partial charge in [-0.3, -0.25) is 0 Å². The minimum atomic E-state index is -0.508. The van der Waals surface area contributed by atoms with Gasteiger partial charge in [-0.05, 0) is 13.0 Å². The molecular weight excluding hydrogens is 196 g/mol. The van der Waals surface area contributed by atoms with E-state index < -0.39 is 5.97 Å². The summed E-state index contributed by atoms with van der Waals surface area (Å²) in [5, 5.41) is 9.33. The van der Waals surface area contributed by atoms with E-state index in [0.29, 0.717) is 11.3 Å². The summed E-state index contributed by atoms with van der Waals surface area (Å²) in [6.45, 7) is 1.77. The number of carbonyl (C=O) groups is 1. The number of carbonyl (C=O) groups excluding carboxylic acids is 1. The smallest absolute Gasteiger partial charge is 0.358 e. The third-order valence-electron chi connectivity index (χ3n) is 2.18.